The molecule has 94 valence electrons. The second kappa shape index (κ2) is 6.64. The lowest BCUT2D eigenvalue weighted by atomic mass is 9.81. The summed E-state index contributed by atoms with van der Waals surface area (Å²) in [5.41, 5.74) is 5.76. The van der Waals surface area contributed by atoms with E-state index in [0.29, 0.717) is 25.2 Å². The number of hydrogen-bond acceptors (Lipinski definition) is 2. The number of hydrogen-bond donors (Lipinski definition) is 2. The molecule has 0 aromatic carbocycles. The molecular formula is C11H22IN3O. The van der Waals surface area contributed by atoms with Crippen molar-refractivity contribution in [2.75, 3.05) is 20.3 Å². The summed E-state index contributed by atoms with van der Waals surface area (Å²) in [7, 11) is 1.67. The number of nitrogens with zero attached hydrogens (tertiary/aromatic N) is 1. The molecule has 0 radical (unpaired) electrons. The van der Waals surface area contributed by atoms with Gasteiger partial charge in [-0.1, -0.05) is 19.3 Å². The maximum absolute atomic E-state index is 5.76. The van der Waals surface area contributed by atoms with Crippen LogP contribution < -0.4 is 11.1 Å². The molecule has 0 heterocycles. The first-order valence-electron chi connectivity index (χ1n) is 5.86. The van der Waals surface area contributed by atoms with Gasteiger partial charge in [-0.2, -0.15) is 0 Å². The minimum absolute atomic E-state index is 0. The lowest BCUT2D eigenvalue weighted by Gasteiger charge is -2.25. The van der Waals surface area contributed by atoms with Crippen LogP contribution in [0, 0.1) is 11.8 Å². The van der Waals surface area contributed by atoms with E-state index in [0.717, 1.165) is 11.8 Å². The highest BCUT2D eigenvalue weighted by Gasteiger charge is 2.45. The van der Waals surface area contributed by atoms with Gasteiger partial charge in [0.05, 0.1) is 13.2 Å². The van der Waals surface area contributed by atoms with Crippen molar-refractivity contribution in [2.45, 2.75) is 31.7 Å². The first-order chi connectivity index (χ1) is 7.31. The van der Waals surface area contributed by atoms with Gasteiger partial charge >= 0.3 is 0 Å². The van der Waals surface area contributed by atoms with E-state index < -0.39 is 0 Å². The molecule has 2 rings (SSSR count). The predicted octanol–water partition coefficient (Wildman–Crippen LogP) is 1.34. The third-order valence-corrected chi connectivity index (χ3v) is 3.51. The summed E-state index contributed by atoms with van der Waals surface area (Å²) in [6, 6.07) is 0.599. The molecule has 3 N–H and O–H groups in total. The molecule has 2 aliphatic carbocycles. The Morgan fingerprint density at radius 3 is 2.81 bits per heavy atom. The van der Waals surface area contributed by atoms with E-state index in [1.54, 1.807) is 7.11 Å². The van der Waals surface area contributed by atoms with Crippen LogP contribution in [0.15, 0.2) is 4.99 Å². The second-order valence-corrected chi connectivity index (χ2v) is 4.60. The topological polar surface area (TPSA) is 59.6 Å². The number of guanidine groups is 1. The molecule has 0 bridgehead atoms. The van der Waals surface area contributed by atoms with Gasteiger partial charge in [-0.15, -0.1) is 24.0 Å². The van der Waals surface area contributed by atoms with Crippen LogP contribution in [-0.4, -0.2) is 32.3 Å². The molecule has 2 atom stereocenters. The summed E-state index contributed by atoms with van der Waals surface area (Å²) in [6.07, 6.45) is 5.55. The molecule has 16 heavy (non-hydrogen) atoms. The number of ether oxygens (including phenoxy) is 1. The molecule has 5 heteroatoms. The highest BCUT2D eigenvalue weighted by Crippen LogP contribution is 2.46. The molecule has 2 aliphatic rings. The van der Waals surface area contributed by atoms with E-state index in [-0.39, 0.29) is 24.0 Å². The van der Waals surface area contributed by atoms with Gasteiger partial charge in [-0.3, -0.25) is 4.99 Å². The molecule has 0 aromatic rings. The smallest absolute Gasteiger partial charge is 0.188 e. The fraction of sp³-hybridized carbons (Fsp3) is 0.909. The summed E-state index contributed by atoms with van der Waals surface area (Å²) in [5, 5.41) is 3.28. The van der Waals surface area contributed by atoms with Crippen molar-refractivity contribution >= 4 is 29.9 Å². The molecule has 2 fully saturated rings. The molecule has 0 unspecified atom stereocenters. The summed E-state index contributed by atoms with van der Waals surface area (Å²) in [6.45, 7) is 1.29. The number of halogens is 1. The maximum atomic E-state index is 5.76. The van der Waals surface area contributed by atoms with E-state index in [1.807, 2.05) is 0 Å². The molecule has 0 aromatic heterocycles. The molecule has 2 saturated carbocycles. The minimum Gasteiger partial charge on any atom is -0.383 e. The van der Waals surface area contributed by atoms with Crippen molar-refractivity contribution in [1.82, 2.24) is 5.32 Å². The first-order valence-corrected chi connectivity index (χ1v) is 5.86. The van der Waals surface area contributed by atoms with Gasteiger partial charge in [0.25, 0.3) is 0 Å². The second-order valence-electron chi connectivity index (χ2n) is 4.60. The van der Waals surface area contributed by atoms with Crippen LogP contribution in [0.1, 0.15) is 25.7 Å². The molecule has 4 nitrogen and oxygen atoms in total. The number of methoxy groups -OCH3 is 1. The zero-order valence-corrected chi connectivity index (χ0v) is 12.1. The van der Waals surface area contributed by atoms with Crippen molar-refractivity contribution in [3.63, 3.8) is 0 Å². The highest BCUT2D eigenvalue weighted by molar-refractivity contribution is 14.0. The number of nitrogens with one attached hydrogen (secondary N) is 1. The zero-order chi connectivity index (χ0) is 10.7. The number of rotatable bonds is 5. The maximum Gasteiger partial charge on any atom is 0.188 e. The van der Waals surface area contributed by atoms with Gasteiger partial charge in [0.15, 0.2) is 5.96 Å². The monoisotopic (exact) mass is 339 g/mol. The Balaban J connectivity index is 0.00000128. The van der Waals surface area contributed by atoms with Crippen LogP contribution in [0.2, 0.25) is 0 Å². The van der Waals surface area contributed by atoms with Crippen LogP contribution >= 0.6 is 24.0 Å². The lowest BCUT2D eigenvalue weighted by molar-refractivity contribution is 0.208. The normalized spacial score (nSPS) is 29.2. The molecule has 0 amide bonds. The van der Waals surface area contributed by atoms with Gasteiger partial charge < -0.3 is 15.8 Å². The van der Waals surface area contributed by atoms with E-state index in [4.69, 9.17) is 10.5 Å². The van der Waals surface area contributed by atoms with Gasteiger partial charge in [0.2, 0.25) is 0 Å². The van der Waals surface area contributed by atoms with Crippen LogP contribution in [0.5, 0.6) is 0 Å². The molecular weight excluding hydrogens is 317 g/mol. The van der Waals surface area contributed by atoms with Crippen LogP contribution in [0.25, 0.3) is 0 Å². The predicted molar refractivity (Wildman–Crippen MR) is 76.2 cm³/mol. The average Bonchev–Trinajstić information content (AvgIpc) is 2.81. The SMILES string of the molecule is COCCN=C(N)N[C@@H]1C[C@H]1C1CCC1.I. The third kappa shape index (κ3) is 3.76. The Morgan fingerprint density at radius 1 is 1.50 bits per heavy atom. The van der Waals surface area contributed by atoms with Crippen LogP contribution in [0.4, 0.5) is 0 Å². The minimum atomic E-state index is 0. The van der Waals surface area contributed by atoms with E-state index in [2.05, 4.69) is 10.3 Å². The van der Waals surface area contributed by atoms with Crippen molar-refractivity contribution in [3.8, 4) is 0 Å². The summed E-state index contributed by atoms with van der Waals surface area (Å²) in [4.78, 5) is 4.19. The largest absolute Gasteiger partial charge is 0.383 e. The van der Waals surface area contributed by atoms with Crippen molar-refractivity contribution in [1.29, 1.82) is 0 Å². The fourth-order valence-electron chi connectivity index (χ4n) is 2.26. The first kappa shape index (κ1) is 14.0. The van der Waals surface area contributed by atoms with E-state index in [1.165, 1.54) is 25.7 Å². The van der Waals surface area contributed by atoms with E-state index >= 15 is 0 Å². The number of nitrogens with two attached hydrogens (primary N) is 1. The van der Waals surface area contributed by atoms with Crippen LogP contribution in [-0.2, 0) is 4.74 Å². The quantitative estimate of drug-likeness (QED) is 0.344. The molecule has 0 aliphatic heterocycles. The van der Waals surface area contributed by atoms with Crippen molar-refractivity contribution < 1.29 is 4.74 Å². The van der Waals surface area contributed by atoms with Gasteiger partial charge in [0, 0.05) is 13.2 Å². The Hall–Kier alpha value is -0.0400. The Kier molecular flexibility index (Phi) is 5.82. The third-order valence-electron chi connectivity index (χ3n) is 3.51. The van der Waals surface area contributed by atoms with Crippen LogP contribution in [0.3, 0.4) is 0 Å². The zero-order valence-electron chi connectivity index (χ0n) is 9.82. The van der Waals surface area contributed by atoms with Gasteiger partial charge in [-0.05, 0) is 18.3 Å². The van der Waals surface area contributed by atoms with Gasteiger partial charge in [-0.25, -0.2) is 0 Å². The molecule has 0 saturated heterocycles. The fourth-order valence-corrected chi connectivity index (χ4v) is 2.26. The standard InChI is InChI=1S/C11H21N3O.HI/c1-15-6-5-13-11(12)14-10-7-9(10)8-3-2-4-8;/h8-10H,2-7H2,1H3,(H3,12,13,14);1H/t9-,10+;/m0./s1. The van der Waals surface area contributed by atoms with E-state index in [9.17, 15) is 0 Å². The Bertz CT molecular complexity index is 243. The molecule has 0 spiro atoms. The van der Waals surface area contributed by atoms with Crippen molar-refractivity contribution in [2.24, 2.45) is 22.6 Å². The van der Waals surface area contributed by atoms with Crippen molar-refractivity contribution in [3.05, 3.63) is 0 Å². The van der Waals surface area contributed by atoms with Gasteiger partial charge in [0.1, 0.15) is 0 Å². The highest BCUT2D eigenvalue weighted by atomic mass is 127. The average molecular weight is 339 g/mol. The Labute approximate surface area is 114 Å². The number of aliphatic imine (C=N–C) groups is 1. The summed E-state index contributed by atoms with van der Waals surface area (Å²) >= 11 is 0. The Morgan fingerprint density at radius 2 is 2.25 bits per heavy atom. The summed E-state index contributed by atoms with van der Waals surface area (Å²) in [5.74, 6) is 2.42. The summed E-state index contributed by atoms with van der Waals surface area (Å²) < 4.78 is 4.91. The lowest BCUT2D eigenvalue weighted by Crippen LogP contribution is -2.35.